The van der Waals surface area contributed by atoms with E-state index in [1.807, 2.05) is 24.3 Å². The molecule has 1 saturated carbocycles. The van der Waals surface area contributed by atoms with E-state index < -0.39 is 5.60 Å². The molecule has 1 spiro atoms. The number of carbonyl (C=O) groups is 2. The van der Waals surface area contributed by atoms with E-state index in [1.165, 1.54) is 6.92 Å². The Bertz CT molecular complexity index is 599. The molecule has 0 radical (unpaired) electrons. The Morgan fingerprint density at radius 2 is 2.26 bits per heavy atom. The summed E-state index contributed by atoms with van der Waals surface area (Å²) in [5.41, 5.74) is 0.899. The molecule has 98 valence electrons. The minimum atomic E-state index is -0.769. The number of rotatable bonds is 1. The van der Waals surface area contributed by atoms with Crippen molar-refractivity contribution in [3.8, 4) is 0 Å². The number of benzene rings is 1. The molecule has 5 heteroatoms. The number of esters is 1. The monoisotopic (exact) mass is 259 g/mol. The van der Waals surface area contributed by atoms with Gasteiger partial charge in [-0.05, 0) is 6.07 Å². The molecule has 3 heterocycles. The lowest BCUT2D eigenvalue weighted by atomic mass is 9.56. The standard InChI is InChI=1S/C14H13NO4/c1-7(16)19-12-8-6-18-14(12)9-4-2-3-5-10(9)15-13(17)11(8)14/h2-5,8,11-12H,6H2,1H3,(H,15,17)/t8-,11+,12+,14+/m1/s1. The smallest absolute Gasteiger partial charge is 0.303 e. The van der Waals surface area contributed by atoms with Crippen molar-refractivity contribution < 1.29 is 19.1 Å². The fourth-order valence-corrected chi connectivity index (χ4v) is 3.74. The summed E-state index contributed by atoms with van der Waals surface area (Å²) in [6.07, 6.45) is -0.345. The highest BCUT2D eigenvalue weighted by Gasteiger charge is 2.75. The van der Waals surface area contributed by atoms with Crippen LogP contribution in [0.3, 0.4) is 0 Å². The average Bonchev–Trinajstić information content (AvgIpc) is 2.93. The molecule has 1 aromatic rings. The van der Waals surface area contributed by atoms with Gasteiger partial charge in [0.05, 0.1) is 12.5 Å². The maximum Gasteiger partial charge on any atom is 0.303 e. The maximum absolute atomic E-state index is 12.2. The van der Waals surface area contributed by atoms with Crippen LogP contribution in [0.2, 0.25) is 0 Å². The van der Waals surface area contributed by atoms with Gasteiger partial charge in [0.1, 0.15) is 11.7 Å². The fourth-order valence-electron chi connectivity index (χ4n) is 3.74. The summed E-state index contributed by atoms with van der Waals surface area (Å²) in [5, 5.41) is 2.90. The van der Waals surface area contributed by atoms with Crippen LogP contribution in [-0.2, 0) is 24.7 Å². The highest BCUT2D eigenvalue weighted by molar-refractivity contribution is 5.99. The van der Waals surface area contributed by atoms with Crippen molar-refractivity contribution in [3.63, 3.8) is 0 Å². The second kappa shape index (κ2) is 3.36. The largest absolute Gasteiger partial charge is 0.459 e. The summed E-state index contributed by atoms with van der Waals surface area (Å²) in [6, 6.07) is 7.54. The van der Waals surface area contributed by atoms with E-state index in [-0.39, 0.29) is 29.8 Å². The van der Waals surface area contributed by atoms with Gasteiger partial charge in [-0.15, -0.1) is 0 Å². The molecule has 1 aromatic carbocycles. The molecule has 19 heavy (non-hydrogen) atoms. The third-order valence-corrected chi connectivity index (χ3v) is 4.40. The first-order valence-corrected chi connectivity index (χ1v) is 6.36. The number of hydrogen-bond acceptors (Lipinski definition) is 4. The van der Waals surface area contributed by atoms with Crippen molar-refractivity contribution in [2.45, 2.75) is 18.6 Å². The van der Waals surface area contributed by atoms with E-state index in [0.29, 0.717) is 6.61 Å². The number of anilines is 1. The zero-order valence-electron chi connectivity index (χ0n) is 10.4. The molecule has 3 fully saturated rings. The number of fused-ring (bicyclic) bond motifs is 2. The number of ether oxygens (including phenoxy) is 2. The fraction of sp³-hybridized carbons (Fsp3) is 0.429. The second-order valence-corrected chi connectivity index (χ2v) is 5.31. The lowest BCUT2D eigenvalue weighted by Gasteiger charge is -2.52. The summed E-state index contributed by atoms with van der Waals surface area (Å²) in [6.45, 7) is 1.85. The van der Waals surface area contributed by atoms with Crippen LogP contribution in [0.25, 0.3) is 0 Å². The zero-order valence-corrected chi connectivity index (χ0v) is 10.4. The first kappa shape index (κ1) is 11.0. The van der Waals surface area contributed by atoms with Crippen molar-refractivity contribution in [2.24, 2.45) is 11.8 Å². The van der Waals surface area contributed by atoms with Crippen LogP contribution in [0, 0.1) is 11.8 Å². The van der Waals surface area contributed by atoms with E-state index in [9.17, 15) is 9.59 Å². The van der Waals surface area contributed by atoms with Gasteiger partial charge in [0.25, 0.3) is 0 Å². The minimum absolute atomic E-state index is 0.0303. The molecule has 0 aromatic heterocycles. The molecule has 2 bridgehead atoms. The third-order valence-electron chi connectivity index (χ3n) is 4.40. The van der Waals surface area contributed by atoms with Gasteiger partial charge >= 0.3 is 5.97 Å². The van der Waals surface area contributed by atoms with Crippen LogP contribution >= 0.6 is 0 Å². The van der Waals surface area contributed by atoms with Gasteiger partial charge in [-0.25, -0.2) is 0 Å². The van der Waals surface area contributed by atoms with Crippen LogP contribution in [0.15, 0.2) is 24.3 Å². The molecule has 1 N–H and O–H groups in total. The third kappa shape index (κ3) is 1.14. The maximum atomic E-state index is 12.2. The second-order valence-electron chi connectivity index (χ2n) is 5.31. The van der Waals surface area contributed by atoms with E-state index in [1.54, 1.807) is 0 Å². The van der Waals surface area contributed by atoms with Crippen molar-refractivity contribution in [2.75, 3.05) is 11.9 Å². The predicted octanol–water partition coefficient (Wildman–Crippen LogP) is 1.04. The van der Waals surface area contributed by atoms with E-state index in [0.717, 1.165) is 11.3 Å². The van der Waals surface area contributed by atoms with Gasteiger partial charge in [0.2, 0.25) is 5.91 Å². The molecule has 4 aliphatic rings. The van der Waals surface area contributed by atoms with E-state index in [2.05, 4.69) is 5.32 Å². The van der Waals surface area contributed by atoms with Gasteiger partial charge in [0.15, 0.2) is 0 Å². The van der Waals surface area contributed by atoms with Crippen LogP contribution in [0.1, 0.15) is 12.5 Å². The van der Waals surface area contributed by atoms with E-state index in [4.69, 9.17) is 9.47 Å². The van der Waals surface area contributed by atoms with Crippen molar-refractivity contribution >= 4 is 17.6 Å². The molecule has 3 aliphatic heterocycles. The summed E-state index contributed by atoms with van der Waals surface area (Å²) >= 11 is 0. The summed E-state index contributed by atoms with van der Waals surface area (Å²) in [5.74, 6) is -0.643. The van der Waals surface area contributed by atoms with Gasteiger partial charge < -0.3 is 14.8 Å². The zero-order chi connectivity index (χ0) is 13.2. The molecule has 0 unspecified atom stereocenters. The average molecular weight is 259 g/mol. The number of nitrogens with one attached hydrogen (secondary N) is 1. The Morgan fingerprint density at radius 3 is 3.05 bits per heavy atom. The Labute approximate surface area is 109 Å². The van der Waals surface area contributed by atoms with Crippen LogP contribution in [-0.4, -0.2) is 24.6 Å². The molecule has 4 atom stereocenters. The number of para-hydroxylation sites is 1. The molecular formula is C14H13NO4. The SMILES string of the molecule is CC(=O)O[C@H]1[C@@H]2CO[C@]13c1ccccc1NC(=O)[C@H]23. The molecule has 1 amide bonds. The number of hydrogen-bond donors (Lipinski definition) is 1. The summed E-state index contributed by atoms with van der Waals surface area (Å²) < 4.78 is 11.3. The first-order valence-electron chi connectivity index (χ1n) is 6.36. The Kier molecular flexibility index (Phi) is 1.94. The van der Waals surface area contributed by atoms with Gasteiger partial charge in [-0.2, -0.15) is 0 Å². The van der Waals surface area contributed by atoms with Crippen molar-refractivity contribution in [1.29, 1.82) is 0 Å². The van der Waals surface area contributed by atoms with Crippen LogP contribution in [0.5, 0.6) is 0 Å². The van der Waals surface area contributed by atoms with Gasteiger partial charge in [0, 0.05) is 24.1 Å². The van der Waals surface area contributed by atoms with Crippen LogP contribution in [0.4, 0.5) is 5.69 Å². The summed E-state index contributed by atoms with van der Waals surface area (Å²) in [7, 11) is 0. The Hall–Kier alpha value is -1.88. The molecule has 5 rings (SSSR count). The van der Waals surface area contributed by atoms with Crippen LogP contribution < -0.4 is 5.32 Å². The van der Waals surface area contributed by atoms with E-state index >= 15 is 0 Å². The first-order chi connectivity index (χ1) is 9.14. The normalized spacial score (nSPS) is 37.7. The Balaban J connectivity index is 1.86. The number of amides is 1. The lowest BCUT2D eigenvalue weighted by molar-refractivity contribution is -0.198. The topological polar surface area (TPSA) is 64.6 Å². The quantitative estimate of drug-likeness (QED) is 0.765. The number of carbonyl (C=O) groups excluding carboxylic acids is 2. The lowest BCUT2D eigenvalue weighted by Crippen LogP contribution is -2.65. The minimum Gasteiger partial charge on any atom is -0.459 e. The molecular weight excluding hydrogens is 246 g/mol. The Morgan fingerprint density at radius 1 is 1.47 bits per heavy atom. The van der Waals surface area contributed by atoms with Gasteiger partial charge in [-0.3, -0.25) is 9.59 Å². The molecule has 2 saturated heterocycles. The predicted molar refractivity (Wildman–Crippen MR) is 65.2 cm³/mol. The molecule has 5 nitrogen and oxygen atoms in total. The van der Waals surface area contributed by atoms with Crippen molar-refractivity contribution in [1.82, 2.24) is 0 Å². The summed E-state index contributed by atoms with van der Waals surface area (Å²) in [4.78, 5) is 23.4. The van der Waals surface area contributed by atoms with Gasteiger partial charge in [-0.1, -0.05) is 18.2 Å². The molecule has 1 aliphatic carbocycles. The highest BCUT2D eigenvalue weighted by Crippen LogP contribution is 2.64. The van der Waals surface area contributed by atoms with Crippen molar-refractivity contribution in [3.05, 3.63) is 29.8 Å². The highest BCUT2D eigenvalue weighted by atomic mass is 16.6.